The fourth-order valence-electron chi connectivity index (χ4n) is 3.55. The number of thioether (sulfide) groups is 1. The monoisotopic (exact) mass is 666 g/mol. The van der Waals surface area contributed by atoms with Gasteiger partial charge in [-0.2, -0.15) is 0 Å². The lowest BCUT2D eigenvalue weighted by molar-refractivity contribution is -0.121. The van der Waals surface area contributed by atoms with Crippen LogP contribution in [0.25, 0.3) is 0 Å². The SMILES string of the molecule is [2H]C([2H])([2H])COCCOCCOCCOCCOCCOCCOCCOCCOCCNC(=O)CCCCCc1cnc(SC)nc1. The van der Waals surface area contributed by atoms with Crippen molar-refractivity contribution < 1.29 is 51.5 Å². The van der Waals surface area contributed by atoms with Crippen molar-refractivity contribution in [3.05, 3.63) is 18.0 Å². The van der Waals surface area contributed by atoms with Crippen LogP contribution in [0, 0.1) is 0 Å². The molecule has 0 saturated carbocycles. The molecule has 0 aliphatic rings. The lowest BCUT2D eigenvalue weighted by atomic mass is 10.1. The van der Waals surface area contributed by atoms with Gasteiger partial charge in [-0.05, 0) is 37.9 Å². The number of hydrogen-bond acceptors (Lipinski definition) is 13. The number of amides is 1. The number of unbranched alkanes of at least 4 members (excludes halogenated alkanes) is 2. The van der Waals surface area contributed by atoms with Gasteiger partial charge in [0.1, 0.15) is 0 Å². The number of hydrogen-bond donors (Lipinski definition) is 1. The zero-order valence-electron chi connectivity index (χ0n) is 30.0. The summed E-state index contributed by atoms with van der Waals surface area (Å²) in [7, 11) is 0. The van der Waals surface area contributed by atoms with E-state index in [9.17, 15) is 4.79 Å². The molecule has 1 aromatic heterocycles. The van der Waals surface area contributed by atoms with Gasteiger partial charge in [-0.15, -0.1) is 0 Å². The van der Waals surface area contributed by atoms with Crippen molar-refractivity contribution in [2.24, 2.45) is 0 Å². The predicted molar refractivity (Wildman–Crippen MR) is 172 cm³/mol. The van der Waals surface area contributed by atoms with E-state index < -0.39 is 6.85 Å². The number of nitrogens with one attached hydrogen (secondary N) is 1. The summed E-state index contributed by atoms with van der Waals surface area (Å²) in [4.78, 5) is 20.5. The summed E-state index contributed by atoms with van der Waals surface area (Å²) < 4.78 is 69.5. The maximum atomic E-state index is 11.9. The number of aromatic nitrogens is 2. The van der Waals surface area contributed by atoms with Crippen LogP contribution in [-0.2, 0) is 53.8 Å². The van der Waals surface area contributed by atoms with Crippen molar-refractivity contribution in [3.63, 3.8) is 0 Å². The van der Waals surface area contributed by atoms with E-state index in [1.165, 1.54) is 11.8 Å². The summed E-state index contributed by atoms with van der Waals surface area (Å²) in [5, 5.41) is 3.67. The fraction of sp³-hybridized carbons (Fsp3) is 0.839. The van der Waals surface area contributed by atoms with E-state index in [0.29, 0.717) is 119 Å². The first kappa shape index (κ1) is 36.4. The van der Waals surface area contributed by atoms with Gasteiger partial charge < -0.3 is 47.9 Å². The fourth-order valence-corrected chi connectivity index (χ4v) is 3.87. The highest BCUT2D eigenvalue weighted by Gasteiger charge is 2.02. The van der Waals surface area contributed by atoms with Crippen LogP contribution in [0.4, 0.5) is 0 Å². The van der Waals surface area contributed by atoms with Gasteiger partial charge in [0.05, 0.1) is 112 Å². The molecule has 262 valence electrons. The third-order valence-corrected chi connectivity index (χ3v) is 6.46. The molecule has 1 rings (SSSR count). The molecule has 45 heavy (non-hydrogen) atoms. The number of carbonyl (C=O) groups is 1. The summed E-state index contributed by atoms with van der Waals surface area (Å²) in [6.45, 7) is 5.68. The third kappa shape index (κ3) is 29.7. The summed E-state index contributed by atoms with van der Waals surface area (Å²) in [6, 6.07) is 0. The smallest absolute Gasteiger partial charge is 0.220 e. The Morgan fingerprint density at radius 1 is 0.644 bits per heavy atom. The standard InChI is InChI=1S/C31H57N3O10S/c1-3-36-11-12-38-15-16-40-19-20-42-23-24-44-26-25-43-22-21-41-18-17-39-14-13-37-10-9-32-30(35)8-6-4-5-7-29-27-33-31(45-2)34-28-29/h27-28H,3-26H2,1-2H3,(H,32,35)/i1D3. The molecular weight excluding hydrogens is 606 g/mol. The Morgan fingerprint density at radius 3 is 1.49 bits per heavy atom. The molecule has 0 aliphatic heterocycles. The summed E-state index contributed by atoms with van der Waals surface area (Å²) in [5.74, 6) is 0.0519. The molecule has 0 radical (unpaired) electrons. The summed E-state index contributed by atoms with van der Waals surface area (Å²) >= 11 is 1.53. The second-order valence-corrected chi connectivity index (χ2v) is 10.2. The first-order valence-corrected chi connectivity index (χ1v) is 16.9. The van der Waals surface area contributed by atoms with Crippen molar-refractivity contribution in [1.82, 2.24) is 15.3 Å². The minimum atomic E-state index is -2.07. The van der Waals surface area contributed by atoms with Crippen LogP contribution in [0.5, 0.6) is 0 Å². The van der Waals surface area contributed by atoms with Gasteiger partial charge in [0.2, 0.25) is 5.91 Å². The molecule has 0 unspecified atom stereocenters. The van der Waals surface area contributed by atoms with E-state index in [1.54, 1.807) is 0 Å². The molecule has 0 aliphatic carbocycles. The largest absolute Gasteiger partial charge is 0.379 e. The molecular formula is C31H57N3O10S. The number of carbonyl (C=O) groups excluding carboxylic acids is 1. The van der Waals surface area contributed by atoms with Crippen LogP contribution in [0.2, 0.25) is 0 Å². The van der Waals surface area contributed by atoms with Gasteiger partial charge in [0.15, 0.2) is 5.16 Å². The van der Waals surface area contributed by atoms with E-state index >= 15 is 0 Å². The molecule has 13 nitrogen and oxygen atoms in total. The molecule has 0 aromatic carbocycles. The summed E-state index contributed by atoms with van der Waals surface area (Å²) in [6.07, 6.45) is 10.0. The van der Waals surface area contributed by atoms with Crippen LogP contribution in [0.3, 0.4) is 0 Å². The summed E-state index contributed by atoms with van der Waals surface area (Å²) in [5.41, 5.74) is 1.13. The van der Waals surface area contributed by atoms with Crippen LogP contribution >= 0.6 is 11.8 Å². The number of ether oxygens (including phenoxy) is 9. The number of aryl methyl sites for hydroxylation is 1. The Hall–Kier alpha value is -1.46. The van der Waals surface area contributed by atoms with Gasteiger partial charge in [0.25, 0.3) is 0 Å². The topological polar surface area (TPSA) is 138 Å². The van der Waals surface area contributed by atoms with Crippen LogP contribution < -0.4 is 5.32 Å². The van der Waals surface area contributed by atoms with Gasteiger partial charge in [0, 0.05) is 36.1 Å². The van der Waals surface area contributed by atoms with E-state index in [2.05, 4.69) is 15.3 Å². The van der Waals surface area contributed by atoms with Crippen LogP contribution in [-0.4, -0.2) is 148 Å². The Morgan fingerprint density at radius 2 is 1.07 bits per heavy atom. The zero-order chi connectivity index (χ0) is 34.8. The minimum Gasteiger partial charge on any atom is -0.379 e. The van der Waals surface area contributed by atoms with Crippen LogP contribution in [0.1, 0.15) is 42.2 Å². The van der Waals surface area contributed by atoms with Crippen molar-refractivity contribution in [2.45, 2.75) is 44.1 Å². The maximum absolute atomic E-state index is 11.9. The molecule has 14 heteroatoms. The lowest BCUT2D eigenvalue weighted by Crippen LogP contribution is -2.27. The van der Waals surface area contributed by atoms with Crippen molar-refractivity contribution in [3.8, 4) is 0 Å². The van der Waals surface area contributed by atoms with E-state index in [-0.39, 0.29) is 19.1 Å². The van der Waals surface area contributed by atoms with Crippen molar-refractivity contribution in [2.75, 3.05) is 132 Å². The van der Waals surface area contributed by atoms with Gasteiger partial charge in [-0.3, -0.25) is 4.79 Å². The van der Waals surface area contributed by atoms with Crippen molar-refractivity contribution >= 4 is 17.7 Å². The molecule has 1 heterocycles. The van der Waals surface area contributed by atoms with E-state index in [4.69, 9.17) is 46.7 Å². The lowest BCUT2D eigenvalue weighted by Gasteiger charge is -2.09. The second kappa shape index (κ2) is 33.9. The van der Waals surface area contributed by atoms with E-state index in [0.717, 1.165) is 36.4 Å². The Bertz CT molecular complexity index is 864. The highest BCUT2D eigenvalue weighted by molar-refractivity contribution is 7.98. The molecule has 0 spiro atoms. The third-order valence-electron chi connectivity index (χ3n) is 5.88. The molecule has 0 saturated heterocycles. The first-order chi connectivity index (χ1) is 23.4. The zero-order valence-corrected chi connectivity index (χ0v) is 27.8. The molecule has 0 bridgehead atoms. The Kier molecular flexibility index (Phi) is 27.4. The normalized spacial score (nSPS) is 12.6. The minimum absolute atomic E-state index is 0.0519. The molecule has 1 aromatic rings. The quantitative estimate of drug-likeness (QED) is 0.0646. The second-order valence-electron chi connectivity index (χ2n) is 9.44. The van der Waals surface area contributed by atoms with Crippen LogP contribution in [0.15, 0.2) is 17.6 Å². The average molecular weight is 667 g/mol. The molecule has 1 amide bonds. The number of nitrogens with zero attached hydrogens (tertiary/aromatic N) is 2. The average Bonchev–Trinajstić information content (AvgIpc) is 3.07. The van der Waals surface area contributed by atoms with E-state index in [1.807, 2.05) is 18.6 Å². The highest BCUT2D eigenvalue weighted by Crippen LogP contribution is 2.10. The first-order valence-electron chi connectivity index (χ1n) is 17.2. The van der Waals surface area contributed by atoms with Gasteiger partial charge in [-0.1, -0.05) is 18.2 Å². The Balaban J connectivity index is 1.68. The molecule has 1 N–H and O–H groups in total. The maximum Gasteiger partial charge on any atom is 0.220 e. The molecule has 0 atom stereocenters. The number of rotatable bonds is 35. The van der Waals surface area contributed by atoms with Crippen molar-refractivity contribution in [1.29, 1.82) is 0 Å². The predicted octanol–water partition coefficient (Wildman–Crippen LogP) is 2.59. The molecule has 0 fully saturated rings. The highest BCUT2D eigenvalue weighted by atomic mass is 32.2. The van der Waals surface area contributed by atoms with Gasteiger partial charge >= 0.3 is 0 Å². The van der Waals surface area contributed by atoms with Gasteiger partial charge in [-0.25, -0.2) is 9.97 Å². The Labute approximate surface area is 278 Å².